The highest BCUT2D eigenvalue weighted by Crippen LogP contribution is 2.35. The zero-order valence-electron chi connectivity index (χ0n) is 8.81. The quantitative estimate of drug-likeness (QED) is 0.758. The van der Waals surface area contributed by atoms with Crippen LogP contribution in [0.2, 0.25) is 5.02 Å². The van der Waals surface area contributed by atoms with Crippen LogP contribution in [-0.2, 0) is 17.4 Å². The molecule has 0 aliphatic heterocycles. The van der Waals surface area contributed by atoms with Crippen LogP contribution in [0.15, 0.2) is 18.2 Å². The van der Waals surface area contributed by atoms with Gasteiger partial charge in [0.1, 0.15) is 5.78 Å². The van der Waals surface area contributed by atoms with Crippen LogP contribution < -0.4 is 0 Å². The van der Waals surface area contributed by atoms with Crippen LogP contribution in [0.5, 0.6) is 0 Å². The van der Waals surface area contributed by atoms with Gasteiger partial charge in [-0.3, -0.25) is 4.79 Å². The highest BCUT2D eigenvalue weighted by atomic mass is 79.9. The van der Waals surface area contributed by atoms with E-state index in [4.69, 9.17) is 11.6 Å². The molecule has 0 saturated heterocycles. The van der Waals surface area contributed by atoms with Crippen molar-refractivity contribution in [1.29, 1.82) is 0 Å². The summed E-state index contributed by atoms with van der Waals surface area (Å²) < 4.78 is 37.7. The molecule has 1 aromatic rings. The molecule has 0 aliphatic rings. The lowest BCUT2D eigenvalue weighted by atomic mass is 10.0. The van der Waals surface area contributed by atoms with Gasteiger partial charge in [-0.1, -0.05) is 33.6 Å². The molecule has 0 aliphatic carbocycles. The molecular weight excluding hydrogens is 320 g/mol. The number of hydrogen-bond acceptors (Lipinski definition) is 1. The first-order chi connectivity index (χ1) is 7.71. The number of alkyl halides is 4. The van der Waals surface area contributed by atoms with E-state index in [9.17, 15) is 18.0 Å². The monoisotopic (exact) mass is 328 g/mol. The van der Waals surface area contributed by atoms with Gasteiger partial charge in [0.15, 0.2) is 0 Å². The van der Waals surface area contributed by atoms with Crippen molar-refractivity contribution in [3.8, 4) is 0 Å². The third-order valence-electron chi connectivity index (χ3n) is 2.19. The van der Waals surface area contributed by atoms with Gasteiger partial charge in [-0.2, -0.15) is 13.2 Å². The third-order valence-corrected chi connectivity index (χ3v) is 3.49. The van der Waals surface area contributed by atoms with E-state index >= 15 is 0 Å². The van der Waals surface area contributed by atoms with Crippen molar-refractivity contribution < 1.29 is 18.0 Å². The number of hydrogen-bond donors (Lipinski definition) is 0. The minimum atomic E-state index is -4.48. The van der Waals surface area contributed by atoms with Gasteiger partial charge >= 0.3 is 6.18 Å². The molecule has 1 aromatic carbocycles. The maximum atomic E-state index is 12.6. The highest BCUT2D eigenvalue weighted by molar-refractivity contribution is 9.10. The summed E-state index contributed by atoms with van der Waals surface area (Å²) in [4.78, 5) is 10.5. The Balaban J connectivity index is 3.01. The van der Waals surface area contributed by atoms with Gasteiger partial charge in [0, 0.05) is 0 Å². The highest BCUT2D eigenvalue weighted by Gasteiger charge is 2.33. The molecule has 1 rings (SSSR count). The number of benzene rings is 1. The van der Waals surface area contributed by atoms with Crippen molar-refractivity contribution in [2.75, 3.05) is 0 Å². The molecule has 0 fully saturated rings. The Morgan fingerprint density at radius 1 is 1.47 bits per heavy atom. The van der Waals surface area contributed by atoms with E-state index in [1.54, 1.807) is 0 Å². The number of carbonyl (C=O) groups excluding carboxylic acids is 1. The lowest BCUT2D eigenvalue weighted by Gasteiger charge is -2.12. The molecule has 17 heavy (non-hydrogen) atoms. The van der Waals surface area contributed by atoms with Crippen molar-refractivity contribution in [1.82, 2.24) is 0 Å². The summed E-state index contributed by atoms with van der Waals surface area (Å²) in [7, 11) is 0. The molecule has 0 amide bonds. The Morgan fingerprint density at radius 2 is 2.06 bits per heavy atom. The number of ketones is 1. The molecule has 0 aromatic heterocycles. The Labute approximate surface area is 110 Å². The Hall–Kier alpha value is -0.550. The summed E-state index contributed by atoms with van der Waals surface area (Å²) in [6.45, 7) is 1.38. The van der Waals surface area contributed by atoms with E-state index in [1.807, 2.05) is 0 Å². The van der Waals surface area contributed by atoms with Gasteiger partial charge in [0.2, 0.25) is 0 Å². The SMILES string of the molecule is CC(=O)C(Br)Cc1ccc(Cl)c(C(F)(F)F)c1. The first-order valence-corrected chi connectivity index (χ1v) is 6.01. The zero-order valence-corrected chi connectivity index (χ0v) is 11.2. The lowest BCUT2D eigenvalue weighted by Crippen LogP contribution is -2.14. The van der Waals surface area contributed by atoms with Gasteiger partial charge in [-0.05, 0) is 31.0 Å². The summed E-state index contributed by atoms with van der Waals surface area (Å²) in [5.74, 6) is -0.131. The second kappa shape index (κ2) is 5.40. The first-order valence-electron chi connectivity index (χ1n) is 4.72. The van der Waals surface area contributed by atoms with Crippen LogP contribution in [0, 0.1) is 0 Å². The third kappa shape index (κ3) is 4.00. The normalized spacial score (nSPS) is 13.5. The first kappa shape index (κ1) is 14.5. The fourth-order valence-electron chi connectivity index (χ4n) is 1.27. The average molecular weight is 330 g/mol. The standard InChI is InChI=1S/C11H9BrClF3O/c1-6(17)9(12)5-7-2-3-10(13)8(4-7)11(14,15)16/h2-4,9H,5H2,1H3. The van der Waals surface area contributed by atoms with Gasteiger partial charge < -0.3 is 0 Å². The topological polar surface area (TPSA) is 17.1 Å². The molecular formula is C11H9BrClF3O. The van der Waals surface area contributed by atoms with Crippen LogP contribution in [0.3, 0.4) is 0 Å². The molecule has 0 bridgehead atoms. The molecule has 0 radical (unpaired) electrons. The van der Waals surface area contributed by atoms with Crippen molar-refractivity contribution in [3.05, 3.63) is 34.3 Å². The molecule has 0 heterocycles. The minimum absolute atomic E-state index is 0.131. The smallest absolute Gasteiger partial charge is 0.299 e. The van der Waals surface area contributed by atoms with Gasteiger partial charge in [0.05, 0.1) is 15.4 Å². The van der Waals surface area contributed by atoms with Crippen molar-refractivity contribution in [2.45, 2.75) is 24.3 Å². The molecule has 1 unspecified atom stereocenters. The van der Waals surface area contributed by atoms with E-state index in [0.29, 0.717) is 5.56 Å². The Bertz CT molecular complexity index is 431. The fraction of sp³-hybridized carbons (Fsp3) is 0.364. The van der Waals surface area contributed by atoms with Gasteiger partial charge in [0.25, 0.3) is 0 Å². The number of Topliss-reactive ketones (excluding diaryl/α,β-unsaturated/α-hetero) is 1. The number of carbonyl (C=O) groups is 1. The summed E-state index contributed by atoms with van der Waals surface area (Å²) in [6.07, 6.45) is -4.28. The average Bonchev–Trinajstić information content (AvgIpc) is 2.19. The van der Waals surface area contributed by atoms with Crippen molar-refractivity contribution in [2.24, 2.45) is 0 Å². The van der Waals surface area contributed by atoms with Crippen LogP contribution in [-0.4, -0.2) is 10.6 Å². The zero-order chi connectivity index (χ0) is 13.2. The Kier molecular flexibility index (Phi) is 4.61. The largest absolute Gasteiger partial charge is 0.417 e. The molecule has 0 saturated carbocycles. The fourth-order valence-corrected chi connectivity index (χ4v) is 1.87. The van der Waals surface area contributed by atoms with Crippen LogP contribution in [0.1, 0.15) is 18.1 Å². The molecule has 6 heteroatoms. The van der Waals surface area contributed by atoms with E-state index in [-0.39, 0.29) is 17.2 Å². The summed E-state index contributed by atoms with van der Waals surface area (Å²) in [6, 6.07) is 3.65. The molecule has 1 nitrogen and oxygen atoms in total. The second-order valence-corrected chi connectivity index (χ2v) is 5.11. The second-order valence-electron chi connectivity index (χ2n) is 3.59. The van der Waals surface area contributed by atoms with Crippen LogP contribution >= 0.6 is 27.5 Å². The predicted octanol–water partition coefficient (Wildman–Crippen LogP) is 4.25. The lowest BCUT2D eigenvalue weighted by molar-refractivity contribution is -0.137. The van der Waals surface area contributed by atoms with Crippen LogP contribution in [0.4, 0.5) is 13.2 Å². The van der Waals surface area contributed by atoms with Gasteiger partial charge in [-0.25, -0.2) is 0 Å². The number of halogens is 5. The Morgan fingerprint density at radius 3 is 2.53 bits per heavy atom. The molecule has 94 valence electrons. The molecule has 1 atom stereocenters. The maximum Gasteiger partial charge on any atom is 0.417 e. The summed E-state index contributed by atoms with van der Waals surface area (Å²) in [5.41, 5.74) is -0.460. The summed E-state index contributed by atoms with van der Waals surface area (Å²) >= 11 is 8.59. The molecule has 0 spiro atoms. The van der Waals surface area contributed by atoms with E-state index in [2.05, 4.69) is 15.9 Å². The maximum absolute atomic E-state index is 12.6. The van der Waals surface area contributed by atoms with Crippen molar-refractivity contribution >= 4 is 33.3 Å². The van der Waals surface area contributed by atoms with Crippen LogP contribution in [0.25, 0.3) is 0 Å². The number of rotatable bonds is 3. The van der Waals surface area contributed by atoms with E-state index in [1.165, 1.54) is 19.1 Å². The molecule has 0 N–H and O–H groups in total. The minimum Gasteiger partial charge on any atom is -0.299 e. The van der Waals surface area contributed by atoms with Gasteiger partial charge in [-0.15, -0.1) is 0 Å². The van der Waals surface area contributed by atoms with Crippen molar-refractivity contribution in [3.63, 3.8) is 0 Å². The van der Waals surface area contributed by atoms with E-state index in [0.717, 1.165) is 6.07 Å². The predicted molar refractivity (Wildman–Crippen MR) is 63.6 cm³/mol. The van der Waals surface area contributed by atoms with E-state index < -0.39 is 16.6 Å². The summed E-state index contributed by atoms with van der Waals surface area (Å²) in [5, 5.41) is -0.338.